The number of halogens is 5. The average Bonchev–Trinajstić information content (AvgIpc) is 3.48. The van der Waals surface area contributed by atoms with Crippen LogP contribution < -0.4 is 10.2 Å². The van der Waals surface area contributed by atoms with E-state index in [2.05, 4.69) is 10.4 Å². The lowest BCUT2D eigenvalue weighted by atomic mass is 9.49. The third-order valence-corrected chi connectivity index (χ3v) is 11.3. The van der Waals surface area contributed by atoms with Crippen molar-refractivity contribution in [1.82, 2.24) is 14.9 Å². The minimum Gasteiger partial charge on any atom is -0.504 e. The number of amides is 4. The van der Waals surface area contributed by atoms with E-state index in [1.807, 2.05) is 0 Å². The van der Waals surface area contributed by atoms with E-state index in [0.717, 1.165) is 4.90 Å². The zero-order chi connectivity index (χ0) is 38.1. The number of rotatable bonds is 8. The Hall–Kier alpha value is -5.15. The van der Waals surface area contributed by atoms with E-state index < -0.39 is 93.6 Å². The van der Waals surface area contributed by atoms with Crippen molar-refractivity contribution in [2.75, 3.05) is 19.1 Å². The molecule has 0 radical (unpaired) electrons. The van der Waals surface area contributed by atoms with Crippen LogP contribution in [0.2, 0.25) is 10.0 Å². The number of nitrogens with one attached hydrogen (secondary N) is 1. The molecule has 6 unspecified atom stereocenters. The van der Waals surface area contributed by atoms with Crippen molar-refractivity contribution in [2.24, 2.45) is 23.7 Å². The number of hydrazine groups is 1. The Labute approximate surface area is 309 Å². The minimum atomic E-state index is -4.78. The first-order valence-corrected chi connectivity index (χ1v) is 17.1. The number of phenolic OH excluding ortho intramolecular Hbond substituents is 1. The zero-order valence-corrected chi connectivity index (χ0v) is 29.1. The lowest BCUT2D eigenvalue weighted by Crippen LogP contribution is -2.53. The van der Waals surface area contributed by atoms with Crippen LogP contribution >= 0.6 is 23.2 Å². The number of carbonyl (C=O) groups excluding carboxylic acids is 4. The predicted octanol–water partition coefficient (Wildman–Crippen LogP) is 5.58. The van der Waals surface area contributed by atoms with Crippen LogP contribution in [-0.2, 0) is 35.6 Å². The number of fused-ring (bicyclic) bond motifs is 4. The lowest BCUT2D eigenvalue weighted by Gasteiger charge is -2.50. The van der Waals surface area contributed by atoms with Gasteiger partial charge in [-0.3, -0.25) is 34.3 Å². The summed E-state index contributed by atoms with van der Waals surface area (Å²) in [6.45, 7) is -0.351. The molecule has 0 bridgehead atoms. The second-order valence-electron chi connectivity index (χ2n) is 13.3. The molecular weight excluding hydrogens is 744 g/mol. The van der Waals surface area contributed by atoms with E-state index in [1.54, 1.807) is 30.3 Å². The highest BCUT2D eigenvalue weighted by Crippen LogP contribution is 2.65. The first kappa shape index (κ1) is 36.2. The molecule has 1 saturated carbocycles. The molecule has 3 N–H and O–H groups in total. The molecule has 1 aromatic heterocycles. The van der Waals surface area contributed by atoms with Crippen molar-refractivity contribution in [2.45, 2.75) is 36.8 Å². The number of nitrogens with zero attached hydrogens (tertiary/aromatic N) is 3. The summed E-state index contributed by atoms with van der Waals surface area (Å²) in [5.41, 5.74) is 0.447. The number of imide groups is 2. The molecule has 3 heterocycles. The Kier molecular flexibility index (Phi) is 8.92. The van der Waals surface area contributed by atoms with Crippen molar-refractivity contribution in [1.29, 1.82) is 0 Å². The Morgan fingerprint density at radius 2 is 1.77 bits per heavy atom. The maximum atomic E-state index is 15.2. The normalized spacial score (nSPS) is 26.6. The van der Waals surface area contributed by atoms with Crippen LogP contribution in [0.1, 0.15) is 41.9 Å². The molecule has 6 atom stereocenters. The van der Waals surface area contributed by atoms with Crippen molar-refractivity contribution < 1.29 is 52.1 Å². The molecule has 4 amide bonds. The number of anilines is 1. The van der Waals surface area contributed by atoms with Crippen LogP contribution in [0, 0.1) is 23.7 Å². The second-order valence-corrected chi connectivity index (χ2v) is 14.1. The standard InChI is InChI=1S/C36H29Cl2F3N4O8/c1-53-25-4-2-3-21(29(25)48)28-19-9-10-20-27(33(51)44(31(20)49)12-11-26(46)47)22(19)14-23-32(50)45(34(52)35(23,28)16-5-7-18(37)8-6-16)43-30-24(38)13-17(15-42-30)36(39,40)41/h2-9,13,15,20,22-23,27-28,48H,10-12,14H2,1H3,(H,42,43)(H,46,47). The number of hydrogen-bond acceptors (Lipinski definition) is 9. The molecule has 0 spiro atoms. The molecule has 12 nitrogen and oxygen atoms in total. The summed E-state index contributed by atoms with van der Waals surface area (Å²) in [5, 5.41) is 21.4. The number of aromatic hydroxyl groups is 1. The van der Waals surface area contributed by atoms with Crippen LogP contribution in [0.3, 0.4) is 0 Å². The van der Waals surface area contributed by atoms with Crippen molar-refractivity contribution in [3.05, 3.63) is 93.1 Å². The number of carbonyl (C=O) groups is 5. The SMILES string of the molecule is COc1cccc(C2C3=CCC4C(=O)N(CCC(=O)O)C(=O)C4C3CC3C(=O)N(Nc4ncc(C(F)(F)F)cc4Cl)C(=O)C32c2ccc(Cl)cc2)c1O. The summed E-state index contributed by atoms with van der Waals surface area (Å²) in [7, 11) is 1.33. The van der Waals surface area contributed by atoms with Gasteiger partial charge in [0.2, 0.25) is 11.8 Å². The van der Waals surface area contributed by atoms with Gasteiger partial charge in [0.1, 0.15) is 0 Å². The number of likely N-dealkylation sites (tertiary alicyclic amines) is 1. The van der Waals surface area contributed by atoms with Crippen LogP contribution in [0.15, 0.2) is 66.4 Å². The number of benzene rings is 2. The van der Waals surface area contributed by atoms with E-state index in [-0.39, 0.29) is 36.4 Å². The largest absolute Gasteiger partial charge is 0.504 e. The molecule has 53 heavy (non-hydrogen) atoms. The van der Waals surface area contributed by atoms with Gasteiger partial charge >= 0.3 is 12.1 Å². The van der Waals surface area contributed by atoms with Crippen LogP contribution in [0.5, 0.6) is 11.5 Å². The number of carboxylic acids is 1. The summed E-state index contributed by atoms with van der Waals surface area (Å²) in [6, 6.07) is 11.4. The Morgan fingerprint density at radius 1 is 1.06 bits per heavy atom. The van der Waals surface area contributed by atoms with Gasteiger partial charge < -0.3 is 14.9 Å². The molecule has 3 fully saturated rings. The zero-order valence-electron chi connectivity index (χ0n) is 27.6. The molecule has 7 rings (SSSR count). The Morgan fingerprint density at radius 3 is 2.42 bits per heavy atom. The molecule has 2 aromatic carbocycles. The molecule has 276 valence electrons. The number of allylic oxidation sites excluding steroid dienone is 2. The third kappa shape index (κ3) is 5.59. The van der Waals surface area contributed by atoms with E-state index in [9.17, 15) is 42.6 Å². The fraction of sp³-hybridized carbons (Fsp3) is 0.333. The molecule has 2 aliphatic heterocycles. The summed E-state index contributed by atoms with van der Waals surface area (Å²) >= 11 is 12.5. The van der Waals surface area contributed by atoms with Crippen LogP contribution in [0.25, 0.3) is 0 Å². The number of aromatic nitrogens is 1. The monoisotopic (exact) mass is 772 g/mol. The predicted molar refractivity (Wildman–Crippen MR) is 181 cm³/mol. The number of methoxy groups -OCH3 is 1. The average molecular weight is 774 g/mol. The van der Waals surface area contributed by atoms with Gasteiger partial charge in [0.05, 0.1) is 47.3 Å². The highest BCUT2D eigenvalue weighted by atomic mass is 35.5. The van der Waals surface area contributed by atoms with Gasteiger partial charge in [0.25, 0.3) is 11.8 Å². The topological polar surface area (TPSA) is 166 Å². The van der Waals surface area contributed by atoms with E-state index in [0.29, 0.717) is 33.4 Å². The van der Waals surface area contributed by atoms with Gasteiger partial charge in [0.15, 0.2) is 17.3 Å². The minimum absolute atomic E-state index is 0.0428. The van der Waals surface area contributed by atoms with Gasteiger partial charge in [-0.05, 0) is 48.6 Å². The van der Waals surface area contributed by atoms with Gasteiger partial charge in [-0.15, -0.1) is 0 Å². The Bertz CT molecular complexity index is 2110. The number of ether oxygens (including phenoxy) is 1. The molecule has 2 saturated heterocycles. The highest BCUT2D eigenvalue weighted by Gasteiger charge is 2.70. The number of para-hydroxylation sites is 1. The van der Waals surface area contributed by atoms with Gasteiger partial charge in [-0.2, -0.15) is 18.2 Å². The number of alkyl halides is 3. The number of carboxylic acid groups (broad SMARTS) is 1. The van der Waals surface area contributed by atoms with Crippen molar-refractivity contribution >= 4 is 58.6 Å². The van der Waals surface area contributed by atoms with Gasteiger partial charge in [-0.1, -0.05) is 59.1 Å². The first-order chi connectivity index (χ1) is 25.1. The summed E-state index contributed by atoms with van der Waals surface area (Å²) < 4.78 is 45.7. The third-order valence-electron chi connectivity index (χ3n) is 10.8. The molecule has 3 aromatic rings. The molecule has 2 aliphatic carbocycles. The summed E-state index contributed by atoms with van der Waals surface area (Å²) in [4.78, 5) is 73.5. The van der Waals surface area contributed by atoms with Crippen molar-refractivity contribution in [3.63, 3.8) is 0 Å². The van der Waals surface area contributed by atoms with Crippen LogP contribution in [0.4, 0.5) is 19.0 Å². The quantitative estimate of drug-likeness (QED) is 0.194. The molecular formula is C36H29Cl2F3N4O8. The smallest absolute Gasteiger partial charge is 0.417 e. The maximum Gasteiger partial charge on any atom is 0.417 e. The first-order valence-electron chi connectivity index (χ1n) is 16.4. The lowest BCUT2D eigenvalue weighted by molar-refractivity contribution is -0.143. The number of phenols is 1. The van der Waals surface area contributed by atoms with E-state index in [1.165, 1.54) is 25.3 Å². The number of aliphatic carboxylic acids is 1. The number of hydrogen-bond donors (Lipinski definition) is 3. The van der Waals surface area contributed by atoms with Crippen LogP contribution in [-0.4, -0.2) is 68.4 Å². The van der Waals surface area contributed by atoms with Crippen molar-refractivity contribution in [3.8, 4) is 11.5 Å². The number of pyridine rings is 1. The van der Waals surface area contributed by atoms with E-state index in [4.69, 9.17) is 27.9 Å². The second kappa shape index (κ2) is 13.1. The van der Waals surface area contributed by atoms with Gasteiger partial charge in [-0.25, -0.2) is 4.98 Å². The fourth-order valence-corrected chi connectivity index (χ4v) is 8.89. The highest BCUT2D eigenvalue weighted by molar-refractivity contribution is 6.33. The molecule has 17 heteroatoms. The van der Waals surface area contributed by atoms with E-state index >= 15 is 4.79 Å². The summed E-state index contributed by atoms with van der Waals surface area (Å²) in [5.74, 6) is -10.0. The summed E-state index contributed by atoms with van der Waals surface area (Å²) in [6.07, 6.45) is -3.13. The fourth-order valence-electron chi connectivity index (χ4n) is 8.56. The maximum absolute atomic E-state index is 15.2. The Balaban J connectivity index is 1.43. The van der Waals surface area contributed by atoms with Gasteiger partial charge in [0, 0.05) is 29.2 Å². The molecule has 4 aliphatic rings.